The summed E-state index contributed by atoms with van der Waals surface area (Å²) in [4.78, 5) is 27.3. The van der Waals surface area contributed by atoms with Crippen molar-refractivity contribution in [1.82, 2.24) is 19.8 Å². The highest BCUT2D eigenvalue weighted by molar-refractivity contribution is 5.95. The molecule has 2 heterocycles. The number of anilines is 1. The number of carbonyl (C=O) groups is 1. The van der Waals surface area contributed by atoms with Crippen LogP contribution in [0.4, 0.5) is 5.95 Å². The maximum absolute atomic E-state index is 13.0. The van der Waals surface area contributed by atoms with Crippen molar-refractivity contribution in [2.24, 2.45) is 0 Å². The van der Waals surface area contributed by atoms with Gasteiger partial charge < -0.3 is 14.9 Å². The molecule has 2 aromatic rings. The van der Waals surface area contributed by atoms with E-state index in [1.165, 1.54) is 5.56 Å². The lowest BCUT2D eigenvalue weighted by Crippen LogP contribution is -2.38. The Bertz CT molecular complexity index is 781. The maximum atomic E-state index is 13.0. The van der Waals surface area contributed by atoms with E-state index in [-0.39, 0.29) is 5.91 Å². The van der Waals surface area contributed by atoms with Gasteiger partial charge in [-0.15, -0.1) is 0 Å². The minimum Gasteiger partial charge on any atom is -0.390 e. The fraction of sp³-hybridized carbons (Fsp3) is 0.450. The third-order valence-electron chi connectivity index (χ3n) is 4.72. The second-order valence-electron chi connectivity index (χ2n) is 7.19. The summed E-state index contributed by atoms with van der Waals surface area (Å²) in [6.07, 6.45) is 1.00. The number of aromatic nitrogens is 2. The summed E-state index contributed by atoms with van der Waals surface area (Å²) in [6, 6.07) is 10.2. The van der Waals surface area contributed by atoms with Crippen LogP contribution in [0.2, 0.25) is 0 Å². The number of benzene rings is 1. The van der Waals surface area contributed by atoms with E-state index < -0.39 is 6.10 Å². The lowest BCUT2D eigenvalue weighted by Gasteiger charge is -2.22. The molecule has 0 aliphatic carbocycles. The van der Waals surface area contributed by atoms with Crippen molar-refractivity contribution in [2.45, 2.75) is 19.6 Å². The van der Waals surface area contributed by atoms with E-state index in [1.807, 2.05) is 39.2 Å². The molecule has 0 radical (unpaired) electrons. The van der Waals surface area contributed by atoms with Gasteiger partial charge in [0.1, 0.15) is 0 Å². The van der Waals surface area contributed by atoms with Crippen molar-refractivity contribution in [3.8, 4) is 0 Å². The molecule has 7 nitrogen and oxygen atoms in total. The Labute approximate surface area is 160 Å². The van der Waals surface area contributed by atoms with Gasteiger partial charge >= 0.3 is 0 Å². The summed E-state index contributed by atoms with van der Waals surface area (Å²) < 4.78 is 0. The molecule has 27 heavy (non-hydrogen) atoms. The van der Waals surface area contributed by atoms with Crippen LogP contribution in [0.3, 0.4) is 0 Å². The molecule has 7 heteroatoms. The zero-order valence-electron chi connectivity index (χ0n) is 16.2. The summed E-state index contributed by atoms with van der Waals surface area (Å²) in [6.45, 7) is 4.73. The molecule has 1 fully saturated rings. The Morgan fingerprint density at radius 1 is 1.22 bits per heavy atom. The first-order valence-electron chi connectivity index (χ1n) is 9.18. The SMILES string of the molecule is Cc1nc(N(C)C)ncc1C(=O)N1CCN(Cc2ccccc2)C[C@@H](O)C1. The van der Waals surface area contributed by atoms with E-state index in [2.05, 4.69) is 27.0 Å². The quantitative estimate of drug-likeness (QED) is 0.872. The summed E-state index contributed by atoms with van der Waals surface area (Å²) in [5, 5.41) is 10.4. The molecule has 144 valence electrons. The largest absolute Gasteiger partial charge is 0.390 e. The molecule has 0 spiro atoms. The van der Waals surface area contributed by atoms with Crippen LogP contribution < -0.4 is 4.90 Å². The minimum atomic E-state index is -0.581. The number of aliphatic hydroxyl groups is 1. The third kappa shape index (κ3) is 4.81. The van der Waals surface area contributed by atoms with Crippen LogP contribution in [-0.2, 0) is 6.54 Å². The van der Waals surface area contributed by atoms with Gasteiger partial charge in [-0.1, -0.05) is 30.3 Å². The number of aryl methyl sites for hydroxylation is 1. The molecule has 1 saturated heterocycles. The second-order valence-corrected chi connectivity index (χ2v) is 7.19. The Kier molecular flexibility index (Phi) is 6.03. The lowest BCUT2D eigenvalue weighted by molar-refractivity contribution is 0.0661. The Morgan fingerprint density at radius 3 is 2.63 bits per heavy atom. The van der Waals surface area contributed by atoms with Crippen molar-refractivity contribution in [3.05, 3.63) is 53.3 Å². The van der Waals surface area contributed by atoms with Crippen molar-refractivity contribution < 1.29 is 9.90 Å². The van der Waals surface area contributed by atoms with Gasteiger partial charge in [-0.25, -0.2) is 9.97 Å². The van der Waals surface area contributed by atoms with Gasteiger partial charge in [-0.05, 0) is 12.5 Å². The van der Waals surface area contributed by atoms with E-state index >= 15 is 0 Å². The molecule has 3 rings (SSSR count). The number of carbonyl (C=O) groups excluding carboxylic acids is 1. The Morgan fingerprint density at radius 2 is 1.96 bits per heavy atom. The fourth-order valence-electron chi connectivity index (χ4n) is 3.28. The minimum absolute atomic E-state index is 0.126. The van der Waals surface area contributed by atoms with E-state index in [0.717, 1.165) is 6.54 Å². The van der Waals surface area contributed by atoms with Crippen LogP contribution >= 0.6 is 0 Å². The summed E-state index contributed by atoms with van der Waals surface area (Å²) in [7, 11) is 3.73. The van der Waals surface area contributed by atoms with Crippen molar-refractivity contribution >= 4 is 11.9 Å². The molecule has 0 unspecified atom stereocenters. The van der Waals surface area contributed by atoms with Gasteiger partial charge in [0.25, 0.3) is 5.91 Å². The molecule has 1 aromatic carbocycles. The van der Waals surface area contributed by atoms with Gasteiger partial charge in [-0.2, -0.15) is 0 Å². The standard InChI is InChI=1S/C20H27N5O2/c1-15-18(11-21-20(22-15)23(2)3)19(27)25-10-9-24(13-17(26)14-25)12-16-7-5-4-6-8-16/h4-8,11,17,26H,9-10,12-14H2,1-3H3/t17-/m1/s1. The van der Waals surface area contributed by atoms with Crippen LogP contribution in [0.25, 0.3) is 0 Å². The zero-order chi connectivity index (χ0) is 19.4. The molecule has 0 bridgehead atoms. The maximum Gasteiger partial charge on any atom is 0.257 e. The summed E-state index contributed by atoms with van der Waals surface area (Å²) >= 11 is 0. The van der Waals surface area contributed by atoms with Crippen LogP contribution in [-0.4, -0.2) is 77.2 Å². The first-order valence-corrected chi connectivity index (χ1v) is 9.18. The van der Waals surface area contributed by atoms with Gasteiger partial charge in [0, 0.05) is 53.0 Å². The summed E-state index contributed by atoms with van der Waals surface area (Å²) in [5.74, 6) is 0.451. The number of hydrogen-bond donors (Lipinski definition) is 1. The van der Waals surface area contributed by atoms with Crippen molar-refractivity contribution in [2.75, 3.05) is 45.2 Å². The van der Waals surface area contributed by atoms with E-state index in [9.17, 15) is 9.90 Å². The van der Waals surface area contributed by atoms with E-state index in [0.29, 0.717) is 43.4 Å². The molecule has 1 aliphatic rings. The van der Waals surface area contributed by atoms with Gasteiger partial charge in [0.2, 0.25) is 5.95 Å². The van der Waals surface area contributed by atoms with Crippen LogP contribution in [0.5, 0.6) is 0 Å². The first kappa shape index (κ1) is 19.3. The lowest BCUT2D eigenvalue weighted by atomic mass is 10.2. The van der Waals surface area contributed by atoms with Gasteiger partial charge in [0.05, 0.1) is 17.4 Å². The predicted molar refractivity (Wildman–Crippen MR) is 105 cm³/mol. The van der Waals surface area contributed by atoms with E-state index in [1.54, 1.807) is 16.0 Å². The van der Waals surface area contributed by atoms with Crippen molar-refractivity contribution in [3.63, 3.8) is 0 Å². The first-order chi connectivity index (χ1) is 12.9. The molecule has 1 N–H and O–H groups in total. The molecule has 1 atom stereocenters. The number of nitrogens with zero attached hydrogens (tertiary/aromatic N) is 5. The molecule has 1 aromatic heterocycles. The normalized spacial score (nSPS) is 18.2. The van der Waals surface area contributed by atoms with Crippen LogP contribution in [0, 0.1) is 6.92 Å². The monoisotopic (exact) mass is 369 g/mol. The highest BCUT2D eigenvalue weighted by atomic mass is 16.3. The van der Waals surface area contributed by atoms with E-state index in [4.69, 9.17) is 0 Å². The Hall–Kier alpha value is -2.51. The van der Waals surface area contributed by atoms with Crippen LogP contribution in [0.1, 0.15) is 21.6 Å². The van der Waals surface area contributed by atoms with Gasteiger partial charge in [0.15, 0.2) is 0 Å². The van der Waals surface area contributed by atoms with Gasteiger partial charge in [-0.3, -0.25) is 9.69 Å². The van der Waals surface area contributed by atoms with Crippen molar-refractivity contribution in [1.29, 1.82) is 0 Å². The third-order valence-corrected chi connectivity index (χ3v) is 4.72. The highest BCUT2D eigenvalue weighted by Crippen LogP contribution is 2.15. The number of rotatable bonds is 4. The molecular formula is C20H27N5O2. The molecule has 0 saturated carbocycles. The zero-order valence-corrected chi connectivity index (χ0v) is 16.2. The fourth-order valence-corrected chi connectivity index (χ4v) is 3.28. The average Bonchev–Trinajstić information content (AvgIpc) is 2.83. The number of amides is 1. The predicted octanol–water partition coefficient (Wildman–Crippen LogP) is 1.17. The van der Waals surface area contributed by atoms with Crippen LogP contribution in [0.15, 0.2) is 36.5 Å². The molecular weight excluding hydrogens is 342 g/mol. The number of hydrogen-bond acceptors (Lipinski definition) is 6. The Balaban J connectivity index is 1.69. The highest BCUT2D eigenvalue weighted by Gasteiger charge is 2.26. The number of β-amino-alcohol motifs (C(OH)–C–C–N with tert-alkyl or cyclic N) is 1. The second kappa shape index (κ2) is 8.45. The topological polar surface area (TPSA) is 72.8 Å². The summed E-state index contributed by atoms with van der Waals surface area (Å²) in [5.41, 5.74) is 2.34. The molecule has 1 aliphatic heterocycles. The average molecular weight is 369 g/mol. The number of aliphatic hydroxyl groups excluding tert-OH is 1. The molecule has 1 amide bonds. The smallest absolute Gasteiger partial charge is 0.257 e.